The number of hydroxylamine groups is 1. The van der Waals surface area contributed by atoms with Crippen molar-refractivity contribution in [2.45, 2.75) is 32.2 Å². The summed E-state index contributed by atoms with van der Waals surface area (Å²) >= 11 is 12.4. The average Bonchev–Trinajstić information content (AvgIpc) is 2.83. The highest BCUT2D eigenvalue weighted by Crippen LogP contribution is 2.32. The minimum Gasteiger partial charge on any atom is -0.326 e. The SMILES string of the molecule is Cc1ccccc1NC(=O)CC(CC(=O)NOC(=O)NCc1ccccc1)c1ccc(Cl)cc1Cl. The third-order valence-corrected chi connectivity index (χ3v) is 5.78. The number of nitrogens with one attached hydrogen (secondary N) is 3. The normalized spacial score (nSPS) is 11.3. The molecule has 3 amide bonds. The summed E-state index contributed by atoms with van der Waals surface area (Å²) in [6.45, 7) is 2.13. The molecule has 1 unspecified atom stereocenters. The van der Waals surface area contributed by atoms with Gasteiger partial charge in [0.1, 0.15) is 0 Å². The Morgan fingerprint density at radius 2 is 1.57 bits per heavy atom. The summed E-state index contributed by atoms with van der Waals surface area (Å²) in [5, 5.41) is 6.17. The highest BCUT2D eigenvalue weighted by Gasteiger charge is 2.23. The zero-order valence-electron chi connectivity index (χ0n) is 19.0. The molecule has 35 heavy (non-hydrogen) atoms. The number of hydrogen-bond acceptors (Lipinski definition) is 4. The van der Waals surface area contributed by atoms with Gasteiger partial charge in [-0.3, -0.25) is 9.59 Å². The van der Waals surface area contributed by atoms with Gasteiger partial charge in [-0.1, -0.05) is 77.8 Å². The van der Waals surface area contributed by atoms with E-state index >= 15 is 0 Å². The predicted octanol–water partition coefficient (Wildman–Crippen LogP) is 5.76. The van der Waals surface area contributed by atoms with Gasteiger partial charge in [0.05, 0.1) is 0 Å². The molecule has 3 N–H and O–H groups in total. The van der Waals surface area contributed by atoms with Gasteiger partial charge in [-0.05, 0) is 41.8 Å². The van der Waals surface area contributed by atoms with E-state index in [9.17, 15) is 14.4 Å². The summed E-state index contributed by atoms with van der Waals surface area (Å²) < 4.78 is 0. The molecule has 0 saturated carbocycles. The van der Waals surface area contributed by atoms with Crippen LogP contribution in [-0.2, 0) is 21.0 Å². The van der Waals surface area contributed by atoms with Crippen molar-refractivity contribution in [2.24, 2.45) is 0 Å². The second-order valence-electron chi connectivity index (χ2n) is 7.89. The summed E-state index contributed by atoms with van der Waals surface area (Å²) in [4.78, 5) is 42.1. The van der Waals surface area contributed by atoms with E-state index in [1.165, 1.54) is 0 Å². The topological polar surface area (TPSA) is 96.5 Å². The number of para-hydroxylation sites is 1. The fourth-order valence-corrected chi connectivity index (χ4v) is 4.00. The standard InChI is InChI=1S/C26H25Cl2N3O4/c1-17-7-5-6-10-23(17)30-24(32)13-19(21-12-11-20(27)15-22(21)28)14-25(33)31-35-26(34)29-16-18-8-3-2-4-9-18/h2-12,15,19H,13-14,16H2,1H3,(H,29,34)(H,30,32)(H,31,33). The minimum atomic E-state index is -0.805. The Kier molecular flexibility index (Phi) is 9.52. The van der Waals surface area contributed by atoms with E-state index in [4.69, 9.17) is 28.0 Å². The van der Waals surface area contributed by atoms with Crippen LogP contribution < -0.4 is 16.1 Å². The van der Waals surface area contributed by atoms with Gasteiger partial charge in [-0.15, -0.1) is 0 Å². The Balaban J connectivity index is 1.61. The average molecular weight is 514 g/mol. The molecule has 1 atom stereocenters. The van der Waals surface area contributed by atoms with Crippen LogP contribution in [0.2, 0.25) is 10.0 Å². The maximum Gasteiger partial charge on any atom is 0.431 e. The smallest absolute Gasteiger partial charge is 0.326 e. The molecule has 0 spiro atoms. The molecular weight excluding hydrogens is 489 g/mol. The Bertz CT molecular complexity index is 1190. The number of carbonyl (C=O) groups is 3. The van der Waals surface area contributed by atoms with Gasteiger partial charge in [0.2, 0.25) is 5.91 Å². The molecule has 0 aliphatic carbocycles. The molecule has 9 heteroatoms. The second kappa shape index (κ2) is 12.8. The lowest BCUT2D eigenvalue weighted by molar-refractivity contribution is -0.130. The first-order valence-corrected chi connectivity index (χ1v) is 11.6. The highest BCUT2D eigenvalue weighted by molar-refractivity contribution is 6.35. The van der Waals surface area contributed by atoms with Crippen molar-refractivity contribution in [3.05, 3.63) is 99.5 Å². The molecule has 3 aromatic rings. The number of rotatable bonds is 8. The predicted molar refractivity (Wildman–Crippen MR) is 136 cm³/mol. The van der Waals surface area contributed by atoms with E-state index in [2.05, 4.69) is 16.1 Å². The van der Waals surface area contributed by atoms with Crippen molar-refractivity contribution < 1.29 is 19.2 Å². The van der Waals surface area contributed by atoms with Crippen LogP contribution in [0.4, 0.5) is 10.5 Å². The van der Waals surface area contributed by atoms with E-state index in [1.54, 1.807) is 24.3 Å². The zero-order chi connectivity index (χ0) is 25.2. The molecule has 0 radical (unpaired) electrons. The van der Waals surface area contributed by atoms with Crippen LogP contribution in [0.15, 0.2) is 72.8 Å². The van der Waals surface area contributed by atoms with Gasteiger partial charge in [-0.2, -0.15) is 5.48 Å². The van der Waals surface area contributed by atoms with Gasteiger partial charge in [0.25, 0.3) is 5.91 Å². The van der Waals surface area contributed by atoms with Crippen LogP contribution in [0, 0.1) is 6.92 Å². The largest absolute Gasteiger partial charge is 0.431 e. The fourth-order valence-electron chi connectivity index (χ4n) is 3.44. The first-order chi connectivity index (χ1) is 16.8. The summed E-state index contributed by atoms with van der Waals surface area (Å²) in [6.07, 6.45) is -0.974. The molecule has 3 rings (SSSR count). The minimum absolute atomic E-state index is 0.0245. The number of aryl methyl sites for hydroxylation is 1. The van der Waals surface area contributed by atoms with Crippen LogP contribution in [0.5, 0.6) is 0 Å². The van der Waals surface area contributed by atoms with Crippen molar-refractivity contribution >= 4 is 46.8 Å². The molecular formula is C26H25Cl2N3O4. The number of benzene rings is 3. The second-order valence-corrected chi connectivity index (χ2v) is 8.73. The fraction of sp³-hybridized carbons (Fsp3) is 0.192. The van der Waals surface area contributed by atoms with Crippen LogP contribution in [0.3, 0.4) is 0 Å². The van der Waals surface area contributed by atoms with E-state index in [-0.39, 0.29) is 25.3 Å². The summed E-state index contributed by atoms with van der Waals surface area (Å²) in [5.41, 5.74) is 5.19. The number of amides is 3. The third kappa shape index (κ3) is 8.31. The molecule has 0 heterocycles. The quantitative estimate of drug-likeness (QED) is 0.333. The van der Waals surface area contributed by atoms with E-state index < -0.39 is 17.9 Å². The third-order valence-electron chi connectivity index (χ3n) is 5.22. The molecule has 0 fully saturated rings. The Morgan fingerprint density at radius 1 is 0.886 bits per heavy atom. The first-order valence-electron chi connectivity index (χ1n) is 10.9. The Hall–Kier alpha value is -3.55. The number of carbonyl (C=O) groups excluding carboxylic acids is 3. The Labute approximate surface area is 213 Å². The number of hydrogen-bond donors (Lipinski definition) is 3. The molecule has 7 nitrogen and oxygen atoms in total. The van der Waals surface area contributed by atoms with Crippen molar-refractivity contribution in [2.75, 3.05) is 5.32 Å². The summed E-state index contributed by atoms with van der Waals surface area (Å²) in [5.74, 6) is -1.45. The van der Waals surface area contributed by atoms with Crippen LogP contribution in [0.25, 0.3) is 0 Å². The number of anilines is 1. The highest BCUT2D eigenvalue weighted by atomic mass is 35.5. The van der Waals surface area contributed by atoms with Gasteiger partial charge in [0, 0.05) is 41.0 Å². The van der Waals surface area contributed by atoms with Gasteiger partial charge in [0.15, 0.2) is 0 Å². The maximum absolute atomic E-state index is 12.8. The van der Waals surface area contributed by atoms with Crippen LogP contribution in [0.1, 0.15) is 35.4 Å². The first kappa shape index (κ1) is 26.1. The van der Waals surface area contributed by atoms with Crippen molar-refractivity contribution in [3.63, 3.8) is 0 Å². The molecule has 0 aliphatic heterocycles. The van der Waals surface area contributed by atoms with Crippen LogP contribution >= 0.6 is 23.2 Å². The molecule has 0 aromatic heterocycles. The maximum atomic E-state index is 12.8. The molecule has 0 saturated heterocycles. The lowest BCUT2D eigenvalue weighted by Gasteiger charge is -2.19. The van der Waals surface area contributed by atoms with E-state index in [1.807, 2.05) is 55.5 Å². The van der Waals surface area contributed by atoms with Gasteiger partial charge in [-0.25, -0.2) is 4.79 Å². The molecule has 3 aromatic carbocycles. The van der Waals surface area contributed by atoms with Crippen molar-refractivity contribution in [1.82, 2.24) is 10.8 Å². The lowest BCUT2D eigenvalue weighted by atomic mass is 9.91. The van der Waals surface area contributed by atoms with Gasteiger partial charge >= 0.3 is 6.09 Å². The van der Waals surface area contributed by atoms with E-state index in [0.717, 1.165) is 11.1 Å². The van der Waals surface area contributed by atoms with Gasteiger partial charge < -0.3 is 15.5 Å². The lowest BCUT2D eigenvalue weighted by Crippen LogP contribution is -2.34. The molecule has 182 valence electrons. The molecule has 0 bridgehead atoms. The summed E-state index contributed by atoms with van der Waals surface area (Å²) in [6, 6.07) is 21.5. The Morgan fingerprint density at radius 3 is 2.29 bits per heavy atom. The molecule has 0 aliphatic rings. The van der Waals surface area contributed by atoms with Crippen LogP contribution in [-0.4, -0.2) is 17.9 Å². The van der Waals surface area contributed by atoms with Crippen molar-refractivity contribution in [1.29, 1.82) is 0 Å². The summed E-state index contributed by atoms with van der Waals surface area (Å²) in [7, 11) is 0. The monoisotopic (exact) mass is 513 g/mol. The van der Waals surface area contributed by atoms with Crippen molar-refractivity contribution in [3.8, 4) is 0 Å². The zero-order valence-corrected chi connectivity index (χ0v) is 20.5. The number of halogens is 2. The van der Waals surface area contributed by atoms with E-state index in [0.29, 0.717) is 21.3 Å².